The zero-order valence-electron chi connectivity index (χ0n) is 15.0. The largest absolute Gasteiger partial charge is 0.284 e. The van der Waals surface area contributed by atoms with E-state index in [9.17, 15) is 0 Å². The van der Waals surface area contributed by atoms with Gasteiger partial charge in [-0.15, -0.1) is 0 Å². The Balaban J connectivity index is 2.93. The van der Waals surface area contributed by atoms with E-state index >= 15 is 0 Å². The van der Waals surface area contributed by atoms with Crippen LogP contribution in [0.15, 0.2) is 0 Å². The third-order valence-corrected chi connectivity index (χ3v) is 4.85. The first-order chi connectivity index (χ1) is 9.27. The van der Waals surface area contributed by atoms with Gasteiger partial charge in [0.1, 0.15) is 0 Å². The van der Waals surface area contributed by atoms with Gasteiger partial charge in [0.15, 0.2) is 0 Å². The molecule has 1 aliphatic heterocycles. The van der Waals surface area contributed by atoms with Gasteiger partial charge in [0.25, 0.3) is 5.12 Å². The van der Waals surface area contributed by atoms with Gasteiger partial charge >= 0.3 is 0 Å². The topological polar surface area (TPSA) is 36.9 Å². The minimum atomic E-state index is -0.958. The molecule has 1 atom stereocenters. The molecular formula is C16H32O4S. The van der Waals surface area contributed by atoms with Gasteiger partial charge in [0, 0.05) is 11.2 Å². The summed E-state index contributed by atoms with van der Waals surface area (Å²) in [5.74, 6) is 1.55. The molecule has 0 aliphatic carbocycles. The molecule has 1 rings (SSSR count). The first-order valence-corrected chi connectivity index (χ1v) is 8.63. The zero-order chi connectivity index (χ0) is 16.5. The van der Waals surface area contributed by atoms with E-state index in [1.54, 1.807) is 11.8 Å². The minimum absolute atomic E-state index is 0.230. The Morgan fingerprint density at radius 3 is 1.67 bits per heavy atom. The third kappa shape index (κ3) is 5.71. The fourth-order valence-electron chi connectivity index (χ4n) is 2.15. The third-order valence-electron chi connectivity index (χ3n) is 3.05. The zero-order valence-corrected chi connectivity index (χ0v) is 15.8. The van der Waals surface area contributed by atoms with Crippen LogP contribution in [-0.4, -0.2) is 22.1 Å². The van der Waals surface area contributed by atoms with E-state index in [1.807, 2.05) is 41.5 Å². The first-order valence-electron chi connectivity index (χ1n) is 7.64. The average molecular weight is 320 g/mol. The van der Waals surface area contributed by atoms with E-state index in [4.69, 9.17) is 19.6 Å². The molecule has 4 nitrogen and oxygen atoms in total. The summed E-state index contributed by atoms with van der Waals surface area (Å²) in [5, 5.41) is -0.958. The number of hydrogen-bond acceptors (Lipinski definition) is 5. The Bertz CT molecular complexity index is 323. The first kappa shape index (κ1) is 19.2. The molecular weight excluding hydrogens is 288 g/mol. The van der Waals surface area contributed by atoms with Crippen LogP contribution in [0.25, 0.3) is 0 Å². The van der Waals surface area contributed by atoms with E-state index in [-0.39, 0.29) is 5.41 Å². The maximum Gasteiger partial charge on any atom is 0.284 e. The lowest BCUT2D eigenvalue weighted by molar-refractivity contribution is -0.531. The van der Waals surface area contributed by atoms with Gasteiger partial charge in [-0.3, -0.25) is 0 Å². The highest BCUT2D eigenvalue weighted by Gasteiger charge is 2.55. The van der Waals surface area contributed by atoms with Gasteiger partial charge in [-0.2, -0.15) is 9.78 Å². The molecule has 1 unspecified atom stereocenters. The van der Waals surface area contributed by atoms with Gasteiger partial charge < -0.3 is 0 Å². The number of rotatable bonds is 4. The van der Waals surface area contributed by atoms with Crippen LogP contribution in [-0.2, 0) is 19.6 Å². The fourth-order valence-corrected chi connectivity index (χ4v) is 3.41. The second-order valence-electron chi connectivity index (χ2n) is 8.62. The van der Waals surface area contributed by atoms with Crippen molar-refractivity contribution in [3.05, 3.63) is 0 Å². The fraction of sp³-hybridized carbons (Fsp3) is 1.00. The number of hydrogen-bond donors (Lipinski definition) is 0. The van der Waals surface area contributed by atoms with Crippen molar-refractivity contribution < 1.29 is 19.6 Å². The summed E-state index contributed by atoms with van der Waals surface area (Å²) in [6.07, 6.45) is 0.987. The predicted octanol–water partition coefficient (Wildman–Crippen LogP) is 4.93. The summed E-state index contributed by atoms with van der Waals surface area (Å²) in [5.41, 5.74) is -1.04. The predicted molar refractivity (Wildman–Crippen MR) is 86.6 cm³/mol. The van der Waals surface area contributed by atoms with Crippen molar-refractivity contribution in [1.82, 2.24) is 0 Å². The maximum atomic E-state index is 5.81. The Hall–Kier alpha value is 0.190. The van der Waals surface area contributed by atoms with E-state index < -0.39 is 16.3 Å². The van der Waals surface area contributed by atoms with E-state index in [0.717, 1.165) is 12.2 Å². The van der Waals surface area contributed by atoms with Crippen LogP contribution in [0.2, 0.25) is 0 Å². The van der Waals surface area contributed by atoms with Crippen LogP contribution in [0, 0.1) is 11.3 Å². The SMILES string of the molecule is CC1CSC(OOC(C)(C)C)(OOC(C)(C)C)C(C)(C)C1. The second kappa shape index (κ2) is 6.36. The molecule has 1 aliphatic rings. The molecule has 0 saturated carbocycles. The van der Waals surface area contributed by atoms with Gasteiger partial charge in [0.2, 0.25) is 0 Å². The monoisotopic (exact) mass is 320 g/mol. The molecule has 1 fully saturated rings. The molecule has 1 saturated heterocycles. The van der Waals surface area contributed by atoms with Crippen LogP contribution < -0.4 is 0 Å². The Morgan fingerprint density at radius 1 is 0.905 bits per heavy atom. The lowest BCUT2D eigenvalue weighted by Gasteiger charge is -2.48. The van der Waals surface area contributed by atoms with Crippen LogP contribution in [0.5, 0.6) is 0 Å². The van der Waals surface area contributed by atoms with Crippen molar-refractivity contribution in [2.24, 2.45) is 11.3 Å². The van der Waals surface area contributed by atoms with Crippen LogP contribution in [0.4, 0.5) is 0 Å². The van der Waals surface area contributed by atoms with E-state index in [2.05, 4.69) is 20.8 Å². The van der Waals surface area contributed by atoms with Gasteiger partial charge in [-0.05, 0) is 53.9 Å². The molecule has 0 aromatic heterocycles. The highest BCUT2D eigenvalue weighted by molar-refractivity contribution is 8.00. The van der Waals surface area contributed by atoms with E-state index in [1.165, 1.54) is 0 Å². The number of thioether (sulfide) groups is 1. The lowest BCUT2D eigenvalue weighted by atomic mass is 9.82. The molecule has 0 aromatic carbocycles. The Kier molecular flexibility index (Phi) is 5.83. The van der Waals surface area contributed by atoms with Crippen molar-refractivity contribution >= 4 is 11.8 Å². The Labute approximate surface area is 134 Å². The van der Waals surface area contributed by atoms with Crippen LogP contribution in [0.3, 0.4) is 0 Å². The van der Waals surface area contributed by atoms with Gasteiger partial charge in [-0.1, -0.05) is 32.5 Å². The summed E-state index contributed by atoms with van der Waals surface area (Å²) < 4.78 is 0. The Morgan fingerprint density at radius 2 is 1.33 bits per heavy atom. The molecule has 0 N–H and O–H groups in total. The normalized spacial score (nSPS) is 25.9. The summed E-state index contributed by atoms with van der Waals surface area (Å²) >= 11 is 1.61. The standard InChI is InChI=1S/C16H32O4S/c1-12-10-15(8,9)16(21-11-12,19-17-13(2,3)4)20-18-14(5,6)7/h12H,10-11H2,1-9H3. The smallest absolute Gasteiger partial charge is 0.227 e. The molecule has 0 aromatic rings. The van der Waals surface area contributed by atoms with Crippen molar-refractivity contribution in [2.45, 2.75) is 85.1 Å². The minimum Gasteiger partial charge on any atom is -0.227 e. The molecule has 126 valence electrons. The second-order valence-corrected chi connectivity index (χ2v) is 9.78. The highest BCUT2D eigenvalue weighted by atomic mass is 32.2. The molecule has 0 bridgehead atoms. The molecule has 21 heavy (non-hydrogen) atoms. The lowest BCUT2D eigenvalue weighted by Crippen LogP contribution is -2.52. The molecule has 0 spiro atoms. The van der Waals surface area contributed by atoms with Crippen LogP contribution >= 0.6 is 11.8 Å². The summed E-state index contributed by atoms with van der Waals surface area (Å²) in [6.45, 7) is 18.2. The maximum absolute atomic E-state index is 5.81. The summed E-state index contributed by atoms with van der Waals surface area (Å²) in [6, 6.07) is 0. The van der Waals surface area contributed by atoms with Crippen molar-refractivity contribution in [3.8, 4) is 0 Å². The highest BCUT2D eigenvalue weighted by Crippen LogP contribution is 2.53. The molecule has 0 radical (unpaired) electrons. The summed E-state index contributed by atoms with van der Waals surface area (Å²) in [4.78, 5) is 22.8. The van der Waals surface area contributed by atoms with Crippen molar-refractivity contribution in [1.29, 1.82) is 0 Å². The average Bonchev–Trinajstić information content (AvgIpc) is 2.23. The van der Waals surface area contributed by atoms with E-state index in [0.29, 0.717) is 5.92 Å². The molecule has 5 heteroatoms. The van der Waals surface area contributed by atoms with Gasteiger partial charge in [0.05, 0.1) is 11.2 Å². The quantitative estimate of drug-likeness (QED) is 0.417. The van der Waals surface area contributed by atoms with Crippen LogP contribution in [0.1, 0.15) is 68.7 Å². The molecule has 1 heterocycles. The van der Waals surface area contributed by atoms with Crippen molar-refractivity contribution in [2.75, 3.05) is 5.75 Å². The molecule has 0 amide bonds. The van der Waals surface area contributed by atoms with Gasteiger partial charge in [-0.25, -0.2) is 9.78 Å². The van der Waals surface area contributed by atoms with Crippen molar-refractivity contribution in [3.63, 3.8) is 0 Å². The summed E-state index contributed by atoms with van der Waals surface area (Å²) in [7, 11) is 0.